The minimum absolute atomic E-state index is 0.495. The topological polar surface area (TPSA) is 69.0 Å². The Bertz CT molecular complexity index is 461. The molecule has 0 amide bonds. The molecule has 4 nitrogen and oxygen atoms in total. The zero-order valence-corrected chi connectivity index (χ0v) is 8.33. The van der Waals surface area contributed by atoms with E-state index in [1.165, 1.54) is 0 Å². The van der Waals surface area contributed by atoms with Gasteiger partial charge in [0.2, 0.25) is 0 Å². The lowest BCUT2D eigenvalue weighted by atomic mass is 9.91. The molecule has 4 heteroatoms. The monoisotopic (exact) mass is 201 g/mol. The van der Waals surface area contributed by atoms with Crippen molar-refractivity contribution >= 4 is 6.08 Å². The molecule has 0 saturated carbocycles. The summed E-state index contributed by atoms with van der Waals surface area (Å²) >= 11 is 0. The first-order valence-corrected chi connectivity index (χ1v) is 4.73. The smallest absolute Gasteiger partial charge is 0.0915 e. The van der Waals surface area contributed by atoms with Crippen LogP contribution in [0, 0.1) is 6.92 Å². The van der Waals surface area contributed by atoms with Crippen molar-refractivity contribution in [2.45, 2.75) is 19.1 Å². The Morgan fingerprint density at radius 1 is 1.47 bits per heavy atom. The van der Waals surface area contributed by atoms with Crippen molar-refractivity contribution in [3.05, 3.63) is 51.4 Å². The zero-order chi connectivity index (χ0) is 10.8. The maximum absolute atomic E-state index is 9.93. The van der Waals surface area contributed by atoms with E-state index >= 15 is 0 Å². The average Bonchev–Trinajstić information content (AvgIpc) is 2.22. The Morgan fingerprint density at radius 2 is 2.27 bits per heavy atom. The maximum atomic E-state index is 9.93. The quantitative estimate of drug-likeness (QED) is 0.423. The van der Waals surface area contributed by atoms with Gasteiger partial charge in [-0.1, -0.05) is 41.0 Å². The summed E-state index contributed by atoms with van der Waals surface area (Å²) in [4.78, 5) is 2.71. The van der Waals surface area contributed by atoms with Crippen LogP contribution in [-0.2, 0) is 0 Å². The highest BCUT2D eigenvalue weighted by molar-refractivity contribution is 5.59. The van der Waals surface area contributed by atoms with E-state index in [0.717, 1.165) is 16.7 Å². The number of azide groups is 1. The second-order valence-corrected chi connectivity index (χ2v) is 3.63. The highest BCUT2D eigenvalue weighted by atomic mass is 16.3. The molecule has 2 rings (SSSR count). The van der Waals surface area contributed by atoms with Gasteiger partial charge < -0.3 is 5.11 Å². The van der Waals surface area contributed by atoms with Crippen molar-refractivity contribution in [1.82, 2.24) is 0 Å². The summed E-state index contributed by atoms with van der Waals surface area (Å²) < 4.78 is 0. The van der Waals surface area contributed by atoms with E-state index in [2.05, 4.69) is 10.0 Å². The molecule has 0 bridgehead atoms. The number of rotatable bonds is 1. The lowest BCUT2D eigenvalue weighted by Crippen LogP contribution is -2.17. The molecule has 1 N–H and O–H groups in total. The van der Waals surface area contributed by atoms with Gasteiger partial charge in [-0.3, -0.25) is 0 Å². The first-order valence-electron chi connectivity index (χ1n) is 4.73. The van der Waals surface area contributed by atoms with Crippen LogP contribution in [0.1, 0.15) is 22.8 Å². The minimum Gasteiger partial charge on any atom is -0.388 e. The number of fused-ring (bicyclic) bond motifs is 1. The van der Waals surface area contributed by atoms with Gasteiger partial charge in [-0.05, 0) is 23.6 Å². The first kappa shape index (κ1) is 9.77. The number of hydrogen-bond acceptors (Lipinski definition) is 2. The van der Waals surface area contributed by atoms with E-state index in [1.54, 1.807) is 6.08 Å². The van der Waals surface area contributed by atoms with Crippen molar-refractivity contribution in [1.29, 1.82) is 0 Å². The van der Waals surface area contributed by atoms with Crippen LogP contribution in [-0.4, -0.2) is 11.1 Å². The molecular formula is C11H11N3O. The van der Waals surface area contributed by atoms with Crippen LogP contribution >= 0.6 is 0 Å². The average molecular weight is 201 g/mol. The van der Waals surface area contributed by atoms with Crippen LogP contribution in [0.15, 0.2) is 29.4 Å². The number of benzene rings is 1. The number of aliphatic hydroxyl groups excluding tert-OH is 1. The van der Waals surface area contributed by atoms with Crippen LogP contribution in [0.2, 0.25) is 0 Å². The summed E-state index contributed by atoms with van der Waals surface area (Å²) in [5.41, 5.74) is 11.3. The lowest BCUT2D eigenvalue weighted by Gasteiger charge is -2.22. The molecule has 76 valence electrons. The summed E-state index contributed by atoms with van der Waals surface area (Å²) in [5, 5.41) is 13.5. The number of hydrogen-bond donors (Lipinski definition) is 1. The predicted molar refractivity (Wildman–Crippen MR) is 58.1 cm³/mol. The fraction of sp³-hybridized carbons (Fsp3) is 0.273. The van der Waals surface area contributed by atoms with E-state index in [1.807, 2.05) is 31.2 Å². The summed E-state index contributed by atoms with van der Waals surface area (Å²) in [6, 6.07) is 5.32. The van der Waals surface area contributed by atoms with E-state index in [0.29, 0.717) is 0 Å². The molecule has 15 heavy (non-hydrogen) atoms. The van der Waals surface area contributed by atoms with Gasteiger partial charge in [0.1, 0.15) is 0 Å². The van der Waals surface area contributed by atoms with Crippen LogP contribution in [0.25, 0.3) is 16.5 Å². The highest BCUT2D eigenvalue weighted by Crippen LogP contribution is 2.30. The minimum atomic E-state index is -0.735. The largest absolute Gasteiger partial charge is 0.388 e. The Balaban J connectivity index is 2.46. The molecule has 0 aromatic heterocycles. The van der Waals surface area contributed by atoms with E-state index in [4.69, 9.17) is 5.53 Å². The molecule has 1 aromatic rings. The molecule has 2 unspecified atom stereocenters. The summed E-state index contributed by atoms with van der Waals surface area (Å²) in [6.45, 7) is 2.00. The van der Waals surface area contributed by atoms with Gasteiger partial charge in [-0.15, -0.1) is 0 Å². The van der Waals surface area contributed by atoms with Gasteiger partial charge >= 0.3 is 0 Å². The second kappa shape index (κ2) is 3.77. The van der Waals surface area contributed by atoms with E-state index in [-0.39, 0.29) is 0 Å². The summed E-state index contributed by atoms with van der Waals surface area (Å²) in [5.74, 6) is 0. The number of aryl methyl sites for hydroxylation is 1. The Kier molecular flexibility index (Phi) is 2.46. The molecule has 1 aromatic carbocycles. The van der Waals surface area contributed by atoms with E-state index in [9.17, 15) is 5.11 Å². The van der Waals surface area contributed by atoms with Crippen molar-refractivity contribution in [3.8, 4) is 0 Å². The van der Waals surface area contributed by atoms with Gasteiger partial charge in [0.05, 0.1) is 12.1 Å². The normalized spacial score (nSPS) is 23.1. The van der Waals surface area contributed by atoms with Crippen LogP contribution in [0.4, 0.5) is 0 Å². The van der Waals surface area contributed by atoms with Crippen molar-refractivity contribution in [2.24, 2.45) is 5.11 Å². The summed E-state index contributed by atoms with van der Waals surface area (Å²) in [7, 11) is 0. The predicted octanol–water partition coefficient (Wildman–Crippen LogP) is 2.73. The third-order valence-corrected chi connectivity index (χ3v) is 2.54. The van der Waals surface area contributed by atoms with Crippen LogP contribution < -0.4 is 0 Å². The molecule has 0 spiro atoms. The summed E-state index contributed by atoms with van der Waals surface area (Å²) in [6.07, 6.45) is 2.88. The van der Waals surface area contributed by atoms with Gasteiger partial charge in [0, 0.05) is 4.91 Å². The lowest BCUT2D eigenvalue weighted by molar-refractivity contribution is 0.162. The van der Waals surface area contributed by atoms with Crippen LogP contribution in [0.3, 0.4) is 0 Å². The molecule has 0 fully saturated rings. The molecule has 1 aliphatic carbocycles. The van der Waals surface area contributed by atoms with Gasteiger partial charge in [-0.2, -0.15) is 0 Å². The van der Waals surface area contributed by atoms with Gasteiger partial charge in [0.25, 0.3) is 0 Å². The Labute approximate surface area is 87.5 Å². The van der Waals surface area contributed by atoms with E-state index < -0.39 is 12.1 Å². The Hall–Kier alpha value is -1.77. The molecule has 0 saturated heterocycles. The highest BCUT2D eigenvalue weighted by Gasteiger charge is 2.22. The molecule has 2 atom stereocenters. The fourth-order valence-corrected chi connectivity index (χ4v) is 1.76. The number of nitrogens with zero attached hydrogens (tertiary/aromatic N) is 3. The standard InChI is InChI=1S/C11H11N3O/c1-7-2-4-9-8(6-7)3-5-10(11(9)15)13-14-12/h2-6,10-11,15H,1H3. The maximum Gasteiger partial charge on any atom is 0.0915 e. The zero-order valence-electron chi connectivity index (χ0n) is 8.33. The van der Waals surface area contributed by atoms with Crippen LogP contribution in [0.5, 0.6) is 0 Å². The van der Waals surface area contributed by atoms with Crippen molar-refractivity contribution in [2.75, 3.05) is 0 Å². The molecular weight excluding hydrogens is 190 g/mol. The molecule has 1 aliphatic rings. The van der Waals surface area contributed by atoms with Gasteiger partial charge in [-0.25, -0.2) is 0 Å². The van der Waals surface area contributed by atoms with Crippen molar-refractivity contribution in [3.63, 3.8) is 0 Å². The third-order valence-electron chi connectivity index (χ3n) is 2.54. The Morgan fingerprint density at radius 3 is 3.00 bits per heavy atom. The second-order valence-electron chi connectivity index (χ2n) is 3.63. The third kappa shape index (κ3) is 1.73. The first-order chi connectivity index (χ1) is 7.22. The fourth-order valence-electron chi connectivity index (χ4n) is 1.76. The van der Waals surface area contributed by atoms with Crippen molar-refractivity contribution < 1.29 is 5.11 Å². The van der Waals surface area contributed by atoms with Gasteiger partial charge in [0.15, 0.2) is 0 Å². The number of aliphatic hydroxyl groups is 1. The molecule has 0 heterocycles. The molecule has 0 radical (unpaired) electrons. The SMILES string of the molecule is Cc1ccc2c(c1)C=CC(N=[N+]=[N-])C2O. The molecule has 0 aliphatic heterocycles.